The maximum Gasteiger partial charge on any atom is 0.271 e. The van der Waals surface area contributed by atoms with E-state index in [1.807, 2.05) is 0 Å². The summed E-state index contributed by atoms with van der Waals surface area (Å²) in [4.78, 5) is 22.6. The van der Waals surface area contributed by atoms with Crippen molar-refractivity contribution in [3.05, 3.63) is 51.5 Å². The van der Waals surface area contributed by atoms with Crippen molar-refractivity contribution in [1.29, 1.82) is 0 Å². The number of nitrogens with zero attached hydrogens (tertiary/aromatic N) is 2. The van der Waals surface area contributed by atoms with Gasteiger partial charge in [-0.2, -0.15) is 0 Å². The highest BCUT2D eigenvalue weighted by atomic mass is 35.5. The molecule has 1 aliphatic rings. The van der Waals surface area contributed by atoms with Gasteiger partial charge in [0.1, 0.15) is 6.54 Å². The van der Waals surface area contributed by atoms with E-state index in [1.54, 1.807) is 0 Å². The molecular weight excluding hydrogens is 414 g/mol. The number of benzene rings is 2. The molecule has 1 heterocycles. The van der Waals surface area contributed by atoms with Gasteiger partial charge in [-0.3, -0.25) is 19.2 Å². The van der Waals surface area contributed by atoms with Crippen LogP contribution < -0.4 is 19.1 Å². The zero-order valence-electron chi connectivity index (χ0n) is 14.4. The Morgan fingerprint density at radius 2 is 1.96 bits per heavy atom. The monoisotopic (exact) mass is 427 g/mol. The summed E-state index contributed by atoms with van der Waals surface area (Å²) in [5.74, 6) is 0.0869. The number of sulfonamides is 1. The lowest BCUT2D eigenvalue weighted by Gasteiger charge is -2.22. The number of carbonyl (C=O) groups is 1. The van der Waals surface area contributed by atoms with Crippen molar-refractivity contribution in [2.24, 2.45) is 0 Å². The Morgan fingerprint density at radius 1 is 1.25 bits per heavy atom. The van der Waals surface area contributed by atoms with Gasteiger partial charge < -0.3 is 14.8 Å². The molecule has 0 saturated heterocycles. The van der Waals surface area contributed by atoms with Gasteiger partial charge in [-0.05, 0) is 18.2 Å². The van der Waals surface area contributed by atoms with Crippen LogP contribution in [0.1, 0.15) is 0 Å². The Bertz CT molecular complexity index is 1060. The smallest absolute Gasteiger partial charge is 0.271 e. The lowest BCUT2D eigenvalue weighted by molar-refractivity contribution is -0.384. The van der Waals surface area contributed by atoms with Crippen LogP contribution in [-0.2, 0) is 14.8 Å². The molecule has 1 amide bonds. The van der Waals surface area contributed by atoms with Crippen molar-refractivity contribution in [2.45, 2.75) is 0 Å². The Morgan fingerprint density at radius 3 is 2.64 bits per heavy atom. The zero-order valence-corrected chi connectivity index (χ0v) is 16.0. The van der Waals surface area contributed by atoms with Crippen molar-refractivity contribution >= 4 is 44.6 Å². The summed E-state index contributed by atoms with van der Waals surface area (Å²) in [6.07, 6.45) is 0.950. The van der Waals surface area contributed by atoms with Crippen LogP contribution in [0.4, 0.5) is 17.1 Å². The van der Waals surface area contributed by atoms with Gasteiger partial charge in [-0.25, -0.2) is 8.42 Å². The minimum Gasteiger partial charge on any atom is -0.454 e. The van der Waals surface area contributed by atoms with E-state index in [0.29, 0.717) is 11.5 Å². The second-order valence-electron chi connectivity index (χ2n) is 5.78. The molecule has 12 heteroatoms. The molecule has 0 spiro atoms. The van der Waals surface area contributed by atoms with E-state index in [1.165, 1.54) is 30.3 Å². The van der Waals surface area contributed by atoms with Crippen molar-refractivity contribution in [1.82, 2.24) is 0 Å². The molecular formula is C16H14ClN3O7S. The fourth-order valence-electron chi connectivity index (χ4n) is 2.48. The van der Waals surface area contributed by atoms with Crippen molar-refractivity contribution < 1.29 is 27.6 Å². The Balaban J connectivity index is 1.83. The summed E-state index contributed by atoms with van der Waals surface area (Å²) >= 11 is 5.95. The third-order valence-corrected chi connectivity index (χ3v) is 5.24. The quantitative estimate of drug-likeness (QED) is 0.553. The van der Waals surface area contributed by atoms with Crippen molar-refractivity contribution in [3.8, 4) is 11.5 Å². The summed E-state index contributed by atoms with van der Waals surface area (Å²) < 4.78 is 35.7. The third kappa shape index (κ3) is 4.26. The van der Waals surface area contributed by atoms with Crippen LogP contribution in [0, 0.1) is 10.1 Å². The number of halogens is 1. The molecule has 148 valence electrons. The molecule has 1 aliphatic heterocycles. The number of ether oxygens (including phenoxy) is 2. The molecule has 0 aromatic heterocycles. The number of carbonyl (C=O) groups excluding carboxylic acids is 1. The fraction of sp³-hybridized carbons (Fsp3) is 0.188. The standard InChI is InChI=1S/C16H14ClN3O7S/c1-28(24,25)19(10-3-5-14-15(7-10)27-9-26-14)8-16(21)18-13-6-11(20(22)23)2-4-12(13)17/h2-7H,8-9H2,1H3,(H,18,21). The van der Waals surface area contributed by atoms with E-state index >= 15 is 0 Å². The van der Waals surface area contributed by atoms with Crippen LogP contribution in [0.25, 0.3) is 0 Å². The second-order valence-corrected chi connectivity index (χ2v) is 8.09. The topological polar surface area (TPSA) is 128 Å². The highest BCUT2D eigenvalue weighted by Gasteiger charge is 2.24. The molecule has 0 bridgehead atoms. The Hall–Kier alpha value is -3.05. The maximum atomic E-state index is 12.4. The maximum absolute atomic E-state index is 12.4. The first-order valence-corrected chi connectivity index (χ1v) is 9.99. The number of hydrogen-bond acceptors (Lipinski definition) is 7. The van der Waals surface area contributed by atoms with E-state index in [9.17, 15) is 23.3 Å². The van der Waals surface area contributed by atoms with Gasteiger partial charge in [-0.15, -0.1) is 0 Å². The number of nitrogens with one attached hydrogen (secondary N) is 1. The van der Waals surface area contributed by atoms with Crippen molar-refractivity contribution in [2.75, 3.05) is 29.2 Å². The number of hydrogen-bond donors (Lipinski definition) is 1. The Labute approximate surface area is 164 Å². The van der Waals surface area contributed by atoms with Crippen LogP contribution >= 0.6 is 11.6 Å². The molecule has 0 fully saturated rings. The SMILES string of the molecule is CS(=O)(=O)N(CC(=O)Nc1cc([N+](=O)[O-])ccc1Cl)c1ccc2c(c1)OCO2. The van der Waals surface area contributed by atoms with Crippen molar-refractivity contribution in [3.63, 3.8) is 0 Å². The molecule has 0 saturated carbocycles. The second kappa shape index (κ2) is 7.52. The summed E-state index contributed by atoms with van der Waals surface area (Å²) in [7, 11) is -3.82. The molecule has 0 radical (unpaired) electrons. The summed E-state index contributed by atoms with van der Waals surface area (Å²) in [5, 5.41) is 13.3. The largest absolute Gasteiger partial charge is 0.454 e. The minimum atomic E-state index is -3.82. The van der Waals surface area contributed by atoms with Gasteiger partial charge in [0.15, 0.2) is 11.5 Å². The van der Waals surface area contributed by atoms with Crippen LogP contribution in [0.2, 0.25) is 5.02 Å². The molecule has 2 aromatic carbocycles. The van der Waals surface area contributed by atoms with E-state index in [2.05, 4.69) is 5.32 Å². The van der Waals surface area contributed by atoms with Gasteiger partial charge in [0, 0.05) is 18.2 Å². The number of nitro groups is 1. The molecule has 0 atom stereocenters. The lowest BCUT2D eigenvalue weighted by Crippen LogP contribution is -2.37. The van der Waals surface area contributed by atoms with Gasteiger partial charge in [0.2, 0.25) is 22.7 Å². The predicted molar refractivity (Wildman–Crippen MR) is 101 cm³/mol. The predicted octanol–water partition coefficient (Wildman–Crippen LogP) is 2.38. The normalized spacial score (nSPS) is 12.5. The van der Waals surface area contributed by atoms with Gasteiger partial charge in [-0.1, -0.05) is 11.6 Å². The summed E-state index contributed by atoms with van der Waals surface area (Å²) in [5.41, 5.74) is -0.0671. The fourth-order valence-corrected chi connectivity index (χ4v) is 3.50. The average Bonchev–Trinajstić information content (AvgIpc) is 3.08. The van der Waals surface area contributed by atoms with E-state index < -0.39 is 27.4 Å². The van der Waals surface area contributed by atoms with Crippen LogP contribution in [0.15, 0.2) is 36.4 Å². The molecule has 2 aromatic rings. The first-order valence-electron chi connectivity index (χ1n) is 7.76. The number of fused-ring (bicyclic) bond motifs is 1. The minimum absolute atomic E-state index is 0.00000404. The molecule has 1 N–H and O–H groups in total. The summed E-state index contributed by atoms with van der Waals surface area (Å²) in [6, 6.07) is 7.99. The van der Waals surface area contributed by atoms with E-state index in [4.69, 9.17) is 21.1 Å². The van der Waals surface area contributed by atoms with Gasteiger partial charge in [0.05, 0.1) is 27.6 Å². The lowest BCUT2D eigenvalue weighted by atomic mass is 10.2. The van der Waals surface area contributed by atoms with Gasteiger partial charge in [0.25, 0.3) is 5.69 Å². The number of amides is 1. The van der Waals surface area contributed by atoms with Crippen LogP contribution in [0.3, 0.4) is 0 Å². The molecule has 28 heavy (non-hydrogen) atoms. The molecule has 0 aliphatic carbocycles. The molecule has 0 unspecified atom stereocenters. The van der Waals surface area contributed by atoms with E-state index in [-0.39, 0.29) is 28.9 Å². The zero-order chi connectivity index (χ0) is 20.5. The third-order valence-electron chi connectivity index (χ3n) is 3.77. The number of non-ortho nitro benzene ring substituents is 1. The van der Waals surface area contributed by atoms with E-state index in [0.717, 1.165) is 16.6 Å². The Kier molecular flexibility index (Phi) is 5.29. The molecule has 3 rings (SSSR count). The van der Waals surface area contributed by atoms with Crippen LogP contribution in [-0.4, -0.2) is 38.8 Å². The highest BCUT2D eigenvalue weighted by molar-refractivity contribution is 7.92. The first kappa shape index (κ1) is 19.7. The highest BCUT2D eigenvalue weighted by Crippen LogP contribution is 2.36. The number of nitro benzene ring substituents is 1. The number of rotatable bonds is 6. The van der Waals surface area contributed by atoms with Gasteiger partial charge >= 0.3 is 0 Å². The van der Waals surface area contributed by atoms with Crippen LogP contribution in [0.5, 0.6) is 11.5 Å². The summed E-state index contributed by atoms with van der Waals surface area (Å²) in [6.45, 7) is -0.555. The average molecular weight is 428 g/mol. The molecule has 10 nitrogen and oxygen atoms in total. The number of anilines is 2. The first-order chi connectivity index (χ1) is 13.1.